The second-order valence-electron chi connectivity index (χ2n) is 3.12. The van der Waals surface area contributed by atoms with Crippen LogP contribution in [0.2, 0.25) is 0 Å². The molecule has 1 aromatic heterocycles. The van der Waals surface area contributed by atoms with Crippen LogP contribution < -0.4 is 5.73 Å². The molecule has 0 aliphatic carbocycles. The summed E-state index contributed by atoms with van der Waals surface area (Å²) in [5.41, 5.74) is 5.35. The van der Waals surface area contributed by atoms with Gasteiger partial charge in [-0.3, -0.25) is 0 Å². The first-order chi connectivity index (χ1) is 8.01. The van der Waals surface area contributed by atoms with Crippen LogP contribution in [-0.4, -0.2) is 17.6 Å². The summed E-state index contributed by atoms with van der Waals surface area (Å²) in [6, 6.07) is 1.16. The molecule has 0 amide bonds. The number of esters is 1. The van der Waals surface area contributed by atoms with Crippen LogP contribution in [0, 0.1) is 0 Å². The summed E-state index contributed by atoms with van der Waals surface area (Å²) >= 11 is 3.11. The Labute approximate surface area is 105 Å². The minimum atomic E-state index is -2.76. The lowest BCUT2D eigenvalue weighted by Crippen LogP contribution is -2.13. The van der Waals surface area contributed by atoms with E-state index in [1.54, 1.807) is 6.92 Å². The lowest BCUT2D eigenvalue weighted by molar-refractivity contribution is 0.0519. The van der Waals surface area contributed by atoms with Crippen molar-refractivity contribution in [2.24, 2.45) is 0 Å². The number of carbonyl (C=O) groups excluding carboxylic acids is 1. The third kappa shape index (κ3) is 3.12. The van der Waals surface area contributed by atoms with Crippen molar-refractivity contribution in [1.82, 2.24) is 4.98 Å². The summed E-state index contributed by atoms with van der Waals surface area (Å²) in [5, 5.41) is 0.257. The van der Waals surface area contributed by atoms with Gasteiger partial charge in [-0.15, -0.1) is 0 Å². The number of hydrogen-bond donors (Lipinski definition) is 1. The number of nitrogen functional groups attached to an aromatic ring is 1. The Morgan fingerprint density at radius 3 is 2.76 bits per heavy atom. The number of alkyl halides is 3. The monoisotopic (exact) mass is 308 g/mol. The number of halogens is 3. The average Bonchev–Trinajstić information content (AvgIpc) is 2.29. The Hall–Kier alpha value is -1.24. The Morgan fingerprint density at radius 1 is 1.65 bits per heavy atom. The van der Waals surface area contributed by atoms with Crippen molar-refractivity contribution < 1.29 is 18.3 Å². The highest BCUT2D eigenvalue weighted by atomic mass is 79.9. The molecule has 1 rings (SSSR count). The summed E-state index contributed by atoms with van der Waals surface area (Å²) in [6.07, 6.45) is -2.76. The Bertz CT molecular complexity index is 427. The van der Waals surface area contributed by atoms with Crippen molar-refractivity contribution in [1.29, 1.82) is 0 Å². The van der Waals surface area contributed by atoms with Crippen molar-refractivity contribution in [2.75, 3.05) is 12.3 Å². The molecule has 4 nitrogen and oxygen atoms in total. The lowest BCUT2D eigenvalue weighted by Gasteiger charge is -2.10. The normalized spacial score (nSPS) is 10.6. The molecular formula is C10H11BrF2N2O2. The molecule has 0 saturated heterocycles. The predicted molar refractivity (Wildman–Crippen MR) is 62.2 cm³/mol. The zero-order valence-electron chi connectivity index (χ0n) is 9.04. The van der Waals surface area contributed by atoms with E-state index in [2.05, 4.69) is 20.9 Å². The number of nitrogens with two attached hydrogens (primary N) is 1. The third-order valence-electron chi connectivity index (χ3n) is 2.00. The molecule has 2 N–H and O–H groups in total. The highest BCUT2D eigenvalue weighted by molar-refractivity contribution is 9.08. The number of hydrogen-bond acceptors (Lipinski definition) is 4. The molecule has 17 heavy (non-hydrogen) atoms. The minimum Gasteiger partial charge on any atom is -0.461 e. The van der Waals surface area contributed by atoms with E-state index >= 15 is 0 Å². The number of nitrogens with zero attached hydrogens (tertiary/aromatic N) is 1. The maximum atomic E-state index is 12.6. The van der Waals surface area contributed by atoms with Crippen molar-refractivity contribution in [3.63, 3.8) is 0 Å². The van der Waals surface area contributed by atoms with Crippen molar-refractivity contribution >= 4 is 27.6 Å². The molecule has 0 bridgehead atoms. The van der Waals surface area contributed by atoms with Crippen LogP contribution in [0.15, 0.2) is 6.07 Å². The molecule has 0 spiro atoms. The summed E-state index contributed by atoms with van der Waals surface area (Å²) in [7, 11) is 0. The smallest absolute Gasteiger partial charge is 0.359 e. The van der Waals surface area contributed by atoms with Gasteiger partial charge in [0, 0.05) is 5.33 Å². The van der Waals surface area contributed by atoms with E-state index in [4.69, 9.17) is 10.5 Å². The van der Waals surface area contributed by atoms with Gasteiger partial charge in [-0.05, 0) is 18.6 Å². The highest BCUT2D eigenvalue weighted by Gasteiger charge is 2.20. The van der Waals surface area contributed by atoms with Crippen molar-refractivity contribution in [3.8, 4) is 0 Å². The van der Waals surface area contributed by atoms with Crippen molar-refractivity contribution in [2.45, 2.75) is 18.7 Å². The average molecular weight is 309 g/mol. The largest absolute Gasteiger partial charge is 0.461 e. The first-order valence-corrected chi connectivity index (χ1v) is 5.93. The van der Waals surface area contributed by atoms with Crippen LogP contribution in [0.4, 0.5) is 14.5 Å². The molecule has 1 heterocycles. The van der Waals surface area contributed by atoms with Gasteiger partial charge in [0.05, 0.1) is 12.3 Å². The molecule has 94 valence electrons. The van der Waals surface area contributed by atoms with Gasteiger partial charge in [0.2, 0.25) is 0 Å². The predicted octanol–water partition coefficient (Wildman–Crippen LogP) is 2.67. The molecule has 1 aromatic rings. The SMILES string of the molecule is CCOC(=O)c1nc(C(F)F)cc(CBr)c1N. The van der Waals surface area contributed by atoms with Crippen LogP contribution in [0.5, 0.6) is 0 Å². The minimum absolute atomic E-state index is 0.0599. The molecule has 0 radical (unpaired) electrons. The summed E-state index contributed by atoms with van der Waals surface area (Å²) in [6.45, 7) is 1.74. The second kappa shape index (κ2) is 5.90. The van der Waals surface area contributed by atoms with E-state index < -0.39 is 18.1 Å². The lowest BCUT2D eigenvalue weighted by atomic mass is 10.1. The van der Waals surface area contributed by atoms with E-state index in [0.29, 0.717) is 5.56 Å². The van der Waals surface area contributed by atoms with E-state index in [9.17, 15) is 13.6 Å². The number of anilines is 1. The zero-order valence-corrected chi connectivity index (χ0v) is 10.6. The molecule has 7 heteroatoms. The molecular weight excluding hydrogens is 298 g/mol. The molecule has 0 aliphatic heterocycles. The fourth-order valence-corrected chi connectivity index (χ4v) is 1.67. The maximum Gasteiger partial charge on any atom is 0.359 e. The summed E-state index contributed by atoms with van der Waals surface area (Å²) in [4.78, 5) is 15.0. The summed E-state index contributed by atoms with van der Waals surface area (Å²) < 4.78 is 29.8. The van der Waals surface area contributed by atoms with E-state index in [0.717, 1.165) is 6.07 Å². The first kappa shape index (κ1) is 13.8. The molecule has 0 unspecified atom stereocenters. The number of rotatable bonds is 4. The van der Waals surface area contributed by atoms with Crippen molar-refractivity contribution in [3.05, 3.63) is 23.0 Å². The second-order valence-corrected chi connectivity index (χ2v) is 3.68. The molecule has 0 aromatic carbocycles. The Morgan fingerprint density at radius 2 is 2.29 bits per heavy atom. The van der Waals surface area contributed by atoms with Gasteiger partial charge in [0.15, 0.2) is 5.69 Å². The highest BCUT2D eigenvalue weighted by Crippen LogP contribution is 2.25. The van der Waals surface area contributed by atoms with Gasteiger partial charge in [0.25, 0.3) is 6.43 Å². The number of pyridine rings is 1. The van der Waals surface area contributed by atoms with Gasteiger partial charge in [0.1, 0.15) is 5.69 Å². The molecule has 0 fully saturated rings. The Kier molecular flexibility index (Phi) is 4.80. The van der Waals surface area contributed by atoms with Gasteiger partial charge in [-0.2, -0.15) is 0 Å². The van der Waals surface area contributed by atoms with Gasteiger partial charge in [-0.25, -0.2) is 18.6 Å². The van der Waals surface area contributed by atoms with Gasteiger partial charge >= 0.3 is 5.97 Å². The topological polar surface area (TPSA) is 65.2 Å². The third-order valence-corrected chi connectivity index (χ3v) is 2.60. The van der Waals surface area contributed by atoms with Crippen LogP contribution >= 0.6 is 15.9 Å². The van der Waals surface area contributed by atoms with Crippen LogP contribution in [-0.2, 0) is 10.1 Å². The molecule has 0 aliphatic rings. The zero-order chi connectivity index (χ0) is 13.0. The van der Waals surface area contributed by atoms with Crippen LogP contribution in [0.3, 0.4) is 0 Å². The van der Waals surface area contributed by atoms with Gasteiger partial charge < -0.3 is 10.5 Å². The van der Waals surface area contributed by atoms with E-state index in [1.807, 2.05) is 0 Å². The first-order valence-electron chi connectivity index (χ1n) is 4.81. The van der Waals surface area contributed by atoms with Crippen LogP contribution in [0.25, 0.3) is 0 Å². The molecule has 0 saturated carbocycles. The number of ether oxygens (including phenoxy) is 1. The molecule has 0 atom stereocenters. The fraction of sp³-hybridized carbons (Fsp3) is 0.400. The Balaban J connectivity index is 3.27. The van der Waals surface area contributed by atoms with E-state index in [-0.39, 0.29) is 23.3 Å². The fourth-order valence-electron chi connectivity index (χ4n) is 1.21. The quantitative estimate of drug-likeness (QED) is 0.686. The van der Waals surface area contributed by atoms with Gasteiger partial charge in [-0.1, -0.05) is 15.9 Å². The maximum absolute atomic E-state index is 12.6. The van der Waals surface area contributed by atoms with Crippen LogP contribution in [0.1, 0.15) is 35.1 Å². The van der Waals surface area contributed by atoms with E-state index in [1.165, 1.54) is 0 Å². The number of aromatic nitrogens is 1. The number of carbonyl (C=O) groups is 1. The standard InChI is InChI=1S/C10H11BrF2N2O2/c1-2-17-10(16)8-7(14)5(4-11)3-6(15-8)9(12)13/h3,9H,2,4,14H2,1H3. The summed E-state index contributed by atoms with van der Waals surface area (Å²) in [5.74, 6) is -0.797.